The lowest BCUT2D eigenvalue weighted by atomic mass is 9.95. The number of hydrogen-bond acceptors (Lipinski definition) is 5. The van der Waals surface area contributed by atoms with Crippen LogP contribution in [0.3, 0.4) is 0 Å². The van der Waals surface area contributed by atoms with Crippen molar-refractivity contribution in [2.45, 2.75) is 43.3 Å². The summed E-state index contributed by atoms with van der Waals surface area (Å²) in [7, 11) is 1.65. The molecule has 0 radical (unpaired) electrons. The predicted octanol–water partition coefficient (Wildman–Crippen LogP) is 4.97. The Balaban J connectivity index is 1.45. The first kappa shape index (κ1) is 21.6. The van der Waals surface area contributed by atoms with Gasteiger partial charge in [-0.2, -0.15) is 0 Å². The van der Waals surface area contributed by atoms with Gasteiger partial charge in [-0.05, 0) is 43.2 Å². The van der Waals surface area contributed by atoms with Gasteiger partial charge in [-0.1, -0.05) is 49.2 Å². The van der Waals surface area contributed by atoms with Crippen LogP contribution in [0, 0.1) is 0 Å². The van der Waals surface area contributed by atoms with Crippen molar-refractivity contribution >= 4 is 28.6 Å². The molecule has 0 bridgehead atoms. The third-order valence-electron chi connectivity index (χ3n) is 6.10. The molecule has 0 spiro atoms. The van der Waals surface area contributed by atoms with Gasteiger partial charge in [0.25, 0.3) is 0 Å². The van der Waals surface area contributed by atoms with E-state index in [4.69, 9.17) is 4.74 Å². The lowest BCUT2D eigenvalue weighted by Gasteiger charge is -2.22. The van der Waals surface area contributed by atoms with Crippen LogP contribution in [0.1, 0.15) is 32.1 Å². The number of methoxy groups -OCH3 is 1. The molecule has 2 aromatic heterocycles. The quantitative estimate of drug-likeness (QED) is 0.380. The number of aromatic amines is 1. The minimum Gasteiger partial charge on any atom is -0.497 e. The summed E-state index contributed by atoms with van der Waals surface area (Å²) in [5.41, 5.74) is 2.92. The van der Waals surface area contributed by atoms with Gasteiger partial charge in [0.15, 0.2) is 11.0 Å². The summed E-state index contributed by atoms with van der Waals surface area (Å²) in [5.74, 6) is 1.86. The van der Waals surface area contributed by atoms with Crippen molar-refractivity contribution in [3.05, 3.63) is 54.7 Å². The summed E-state index contributed by atoms with van der Waals surface area (Å²) in [6.45, 7) is 0. The lowest BCUT2D eigenvalue weighted by molar-refractivity contribution is -0.119. The van der Waals surface area contributed by atoms with Crippen LogP contribution in [-0.4, -0.2) is 44.6 Å². The highest BCUT2D eigenvalue weighted by Crippen LogP contribution is 2.33. The monoisotopic (exact) mass is 461 g/mol. The molecule has 33 heavy (non-hydrogen) atoms. The van der Waals surface area contributed by atoms with Gasteiger partial charge in [0.05, 0.1) is 12.9 Å². The third-order valence-corrected chi connectivity index (χ3v) is 7.03. The molecule has 2 aromatic carbocycles. The molecule has 0 unspecified atom stereocenters. The van der Waals surface area contributed by atoms with E-state index in [0.717, 1.165) is 46.6 Å². The second-order valence-electron chi connectivity index (χ2n) is 8.28. The number of carbonyl (C=O) groups excluding carboxylic acids is 1. The van der Waals surface area contributed by atoms with E-state index in [-0.39, 0.29) is 5.91 Å². The zero-order valence-corrected chi connectivity index (χ0v) is 19.4. The van der Waals surface area contributed by atoms with Crippen LogP contribution in [0.25, 0.3) is 28.0 Å². The van der Waals surface area contributed by atoms with Gasteiger partial charge in [0.1, 0.15) is 5.75 Å². The maximum atomic E-state index is 12.6. The van der Waals surface area contributed by atoms with Crippen LogP contribution in [0.2, 0.25) is 0 Å². The van der Waals surface area contributed by atoms with Crippen LogP contribution in [0.4, 0.5) is 0 Å². The van der Waals surface area contributed by atoms with Crippen molar-refractivity contribution in [2.24, 2.45) is 0 Å². The van der Waals surface area contributed by atoms with Crippen LogP contribution in [-0.2, 0) is 4.79 Å². The van der Waals surface area contributed by atoms with Gasteiger partial charge in [-0.25, -0.2) is 0 Å². The van der Waals surface area contributed by atoms with E-state index in [1.807, 2.05) is 53.2 Å². The molecule has 7 nitrogen and oxygen atoms in total. The van der Waals surface area contributed by atoms with Gasteiger partial charge < -0.3 is 15.0 Å². The Morgan fingerprint density at radius 3 is 2.70 bits per heavy atom. The number of thioether (sulfide) groups is 1. The number of amides is 1. The molecule has 5 rings (SSSR count). The van der Waals surface area contributed by atoms with Gasteiger partial charge >= 0.3 is 0 Å². The number of H-pyrrole nitrogens is 1. The van der Waals surface area contributed by atoms with E-state index in [1.165, 1.54) is 31.0 Å². The van der Waals surface area contributed by atoms with Gasteiger partial charge in [0, 0.05) is 34.4 Å². The molecular formula is C25H27N5O2S. The summed E-state index contributed by atoms with van der Waals surface area (Å²) in [5, 5.41) is 13.9. The van der Waals surface area contributed by atoms with Crippen molar-refractivity contribution in [3.8, 4) is 22.8 Å². The number of nitrogens with zero attached hydrogens (tertiary/aromatic N) is 3. The molecule has 0 atom stereocenters. The van der Waals surface area contributed by atoms with Crippen LogP contribution in [0.15, 0.2) is 59.9 Å². The SMILES string of the molecule is COc1ccc(-n2c(SCC(=O)NC3CCCCC3)nnc2-c2c[nH]c3ccccc23)cc1. The van der Waals surface area contributed by atoms with Crippen LogP contribution in [0.5, 0.6) is 5.75 Å². The highest BCUT2D eigenvalue weighted by atomic mass is 32.2. The molecule has 1 aliphatic carbocycles. The molecule has 1 fully saturated rings. The third kappa shape index (κ3) is 4.61. The van der Waals surface area contributed by atoms with Gasteiger partial charge in [-0.3, -0.25) is 9.36 Å². The maximum absolute atomic E-state index is 12.6. The predicted molar refractivity (Wildman–Crippen MR) is 131 cm³/mol. The van der Waals surface area contributed by atoms with Gasteiger partial charge in [0.2, 0.25) is 5.91 Å². The molecule has 0 aliphatic heterocycles. The number of aromatic nitrogens is 4. The average Bonchev–Trinajstić information content (AvgIpc) is 3.47. The summed E-state index contributed by atoms with van der Waals surface area (Å²) >= 11 is 1.41. The number of fused-ring (bicyclic) bond motifs is 1. The molecule has 2 N–H and O–H groups in total. The smallest absolute Gasteiger partial charge is 0.230 e. The van der Waals surface area contributed by atoms with Crippen LogP contribution < -0.4 is 10.1 Å². The van der Waals surface area contributed by atoms with E-state index in [0.29, 0.717) is 17.0 Å². The topological polar surface area (TPSA) is 84.8 Å². The van der Waals surface area contributed by atoms with E-state index in [2.05, 4.69) is 26.6 Å². The molecule has 4 aromatic rings. The first-order chi connectivity index (χ1) is 16.2. The summed E-state index contributed by atoms with van der Waals surface area (Å²) in [6.07, 6.45) is 7.75. The van der Waals surface area contributed by atoms with E-state index in [1.54, 1.807) is 7.11 Å². The minimum atomic E-state index is 0.0461. The second kappa shape index (κ2) is 9.70. The van der Waals surface area contributed by atoms with E-state index in [9.17, 15) is 4.79 Å². The number of para-hydroxylation sites is 1. The Hall–Kier alpha value is -3.26. The standard InChI is InChI=1S/C25H27N5O2S/c1-32-19-13-11-18(12-14-19)30-24(21-15-26-22-10-6-5-9-20(21)22)28-29-25(30)33-16-23(31)27-17-7-3-2-4-8-17/h5-6,9-15,17,26H,2-4,7-8,16H2,1H3,(H,27,31). The van der Waals surface area contributed by atoms with Crippen LogP contribution >= 0.6 is 11.8 Å². The van der Waals surface area contributed by atoms with Crippen molar-refractivity contribution in [2.75, 3.05) is 12.9 Å². The number of nitrogens with one attached hydrogen (secondary N) is 2. The lowest BCUT2D eigenvalue weighted by Crippen LogP contribution is -2.37. The largest absolute Gasteiger partial charge is 0.497 e. The fourth-order valence-electron chi connectivity index (χ4n) is 4.40. The molecule has 8 heteroatoms. The minimum absolute atomic E-state index is 0.0461. The summed E-state index contributed by atoms with van der Waals surface area (Å²) in [4.78, 5) is 15.9. The highest BCUT2D eigenvalue weighted by Gasteiger charge is 2.21. The van der Waals surface area contributed by atoms with E-state index < -0.39 is 0 Å². The molecular weight excluding hydrogens is 434 g/mol. The van der Waals surface area contributed by atoms with Crippen molar-refractivity contribution in [1.29, 1.82) is 0 Å². The Morgan fingerprint density at radius 1 is 1.12 bits per heavy atom. The average molecular weight is 462 g/mol. The first-order valence-corrected chi connectivity index (χ1v) is 12.3. The Labute approximate surface area is 196 Å². The fraction of sp³-hybridized carbons (Fsp3) is 0.320. The summed E-state index contributed by atoms with van der Waals surface area (Å²) in [6, 6.07) is 16.2. The Bertz CT molecular complexity index is 1240. The van der Waals surface area contributed by atoms with Crippen molar-refractivity contribution < 1.29 is 9.53 Å². The Kier molecular flexibility index (Phi) is 6.35. The fourth-order valence-corrected chi connectivity index (χ4v) is 5.17. The molecule has 170 valence electrons. The number of rotatable bonds is 7. The normalized spacial score (nSPS) is 14.5. The molecule has 1 amide bonds. The van der Waals surface area contributed by atoms with Crippen molar-refractivity contribution in [1.82, 2.24) is 25.1 Å². The number of benzene rings is 2. The second-order valence-corrected chi connectivity index (χ2v) is 9.22. The zero-order valence-electron chi connectivity index (χ0n) is 18.6. The van der Waals surface area contributed by atoms with E-state index >= 15 is 0 Å². The molecule has 0 saturated heterocycles. The number of carbonyl (C=O) groups is 1. The molecule has 1 saturated carbocycles. The summed E-state index contributed by atoms with van der Waals surface area (Å²) < 4.78 is 7.33. The first-order valence-electron chi connectivity index (χ1n) is 11.3. The highest BCUT2D eigenvalue weighted by molar-refractivity contribution is 7.99. The zero-order chi connectivity index (χ0) is 22.6. The molecule has 2 heterocycles. The number of ether oxygens (including phenoxy) is 1. The van der Waals surface area contributed by atoms with Crippen molar-refractivity contribution in [3.63, 3.8) is 0 Å². The molecule has 1 aliphatic rings. The maximum Gasteiger partial charge on any atom is 0.230 e. The van der Waals surface area contributed by atoms with Gasteiger partial charge in [-0.15, -0.1) is 10.2 Å². The number of hydrogen-bond donors (Lipinski definition) is 2. The Morgan fingerprint density at radius 2 is 1.91 bits per heavy atom.